The summed E-state index contributed by atoms with van der Waals surface area (Å²) in [6, 6.07) is 10.2. The highest BCUT2D eigenvalue weighted by atomic mass is 16.5. The molecule has 1 unspecified atom stereocenters. The molecule has 0 spiro atoms. The Kier molecular flexibility index (Phi) is 4.54. The Morgan fingerprint density at radius 1 is 1.37 bits per heavy atom. The zero-order valence-corrected chi connectivity index (χ0v) is 11.3. The summed E-state index contributed by atoms with van der Waals surface area (Å²) in [7, 11) is 3.59. The molecular weight excluding hydrogens is 240 g/mol. The second kappa shape index (κ2) is 6.36. The maximum Gasteiger partial charge on any atom is 0.119 e. The molecule has 0 saturated heterocycles. The van der Waals surface area contributed by atoms with Gasteiger partial charge in [-0.25, -0.2) is 0 Å². The molecule has 0 aliphatic heterocycles. The first-order chi connectivity index (χ1) is 9.21. The van der Waals surface area contributed by atoms with E-state index in [0.29, 0.717) is 0 Å². The molecule has 1 aromatic carbocycles. The molecule has 5 heteroatoms. The van der Waals surface area contributed by atoms with Crippen LogP contribution in [0.15, 0.2) is 36.5 Å². The first-order valence-corrected chi connectivity index (χ1v) is 6.29. The number of nitrogens with zero attached hydrogens (tertiary/aromatic N) is 2. The first-order valence-electron chi connectivity index (χ1n) is 6.29. The quantitative estimate of drug-likeness (QED) is 0.602. The summed E-state index contributed by atoms with van der Waals surface area (Å²) in [6.07, 6.45) is 3.58. The molecule has 2 rings (SSSR count). The number of aryl methyl sites for hydroxylation is 1. The molecule has 102 valence electrons. The molecule has 0 radical (unpaired) electrons. The maximum atomic E-state index is 5.63. The molecule has 19 heavy (non-hydrogen) atoms. The lowest BCUT2D eigenvalue weighted by Crippen LogP contribution is -2.38. The second-order valence-electron chi connectivity index (χ2n) is 4.60. The molecule has 0 saturated carbocycles. The lowest BCUT2D eigenvalue weighted by molar-refractivity contribution is 0.413. The van der Waals surface area contributed by atoms with Gasteiger partial charge in [-0.05, 0) is 30.2 Å². The third-order valence-corrected chi connectivity index (χ3v) is 3.08. The molecule has 2 aromatic rings. The molecule has 1 aromatic heterocycles. The molecular formula is C14H20N4O. The van der Waals surface area contributed by atoms with E-state index in [1.165, 1.54) is 5.56 Å². The Bertz CT molecular complexity index is 524. The molecule has 0 aliphatic rings. The van der Waals surface area contributed by atoms with Gasteiger partial charge in [0.15, 0.2) is 0 Å². The Morgan fingerprint density at radius 2 is 2.21 bits per heavy atom. The van der Waals surface area contributed by atoms with Gasteiger partial charge in [0.25, 0.3) is 0 Å². The van der Waals surface area contributed by atoms with Crippen molar-refractivity contribution < 1.29 is 4.74 Å². The van der Waals surface area contributed by atoms with Crippen LogP contribution in [0.4, 0.5) is 0 Å². The van der Waals surface area contributed by atoms with E-state index >= 15 is 0 Å². The van der Waals surface area contributed by atoms with E-state index in [1.807, 2.05) is 37.5 Å². The standard InChI is InChI=1S/C14H20N4O/c1-18-7-6-12(17-18)10-13(16-15)8-11-4-3-5-14(9-11)19-2/h3-7,9,13,16H,8,10,15H2,1-2H3. The van der Waals surface area contributed by atoms with E-state index in [2.05, 4.69) is 16.6 Å². The van der Waals surface area contributed by atoms with Crippen LogP contribution in [-0.4, -0.2) is 22.9 Å². The fourth-order valence-electron chi connectivity index (χ4n) is 2.10. The van der Waals surface area contributed by atoms with Crippen LogP contribution >= 0.6 is 0 Å². The lowest BCUT2D eigenvalue weighted by Gasteiger charge is -2.15. The van der Waals surface area contributed by atoms with Crippen molar-refractivity contribution >= 4 is 0 Å². The highest BCUT2D eigenvalue weighted by Crippen LogP contribution is 2.15. The normalized spacial score (nSPS) is 12.4. The maximum absolute atomic E-state index is 5.63. The number of rotatable bonds is 6. The van der Waals surface area contributed by atoms with E-state index in [4.69, 9.17) is 10.6 Å². The van der Waals surface area contributed by atoms with Gasteiger partial charge in [-0.1, -0.05) is 12.1 Å². The fraction of sp³-hybridized carbons (Fsp3) is 0.357. The van der Waals surface area contributed by atoms with Crippen LogP contribution in [0.25, 0.3) is 0 Å². The highest BCUT2D eigenvalue weighted by molar-refractivity contribution is 5.29. The monoisotopic (exact) mass is 260 g/mol. The van der Waals surface area contributed by atoms with Crippen LogP contribution in [-0.2, 0) is 19.9 Å². The number of benzene rings is 1. The molecule has 5 nitrogen and oxygen atoms in total. The van der Waals surface area contributed by atoms with Crippen molar-refractivity contribution in [2.24, 2.45) is 12.9 Å². The number of ether oxygens (including phenoxy) is 1. The smallest absolute Gasteiger partial charge is 0.119 e. The van der Waals surface area contributed by atoms with Gasteiger partial charge in [0.2, 0.25) is 0 Å². The lowest BCUT2D eigenvalue weighted by atomic mass is 10.0. The third kappa shape index (κ3) is 3.81. The van der Waals surface area contributed by atoms with Crippen molar-refractivity contribution in [2.75, 3.05) is 7.11 Å². The topological polar surface area (TPSA) is 65.1 Å². The van der Waals surface area contributed by atoms with Crippen LogP contribution in [0.1, 0.15) is 11.3 Å². The van der Waals surface area contributed by atoms with Gasteiger partial charge in [-0.15, -0.1) is 0 Å². The summed E-state index contributed by atoms with van der Waals surface area (Å²) in [5.74, 6) is 6.50. The van der Waals surface area contributed by atoms with Crippen molar-refractivity contribution in [3.63, 3.8) is 0 Å². The van der Waals surface area contributed by atoms with Gasteiger partial charge in [-0.2, -0.15) is 5.10 Å². The fourth-order valence-corrected chi connectivity index (χ4v) is 2.10. The summed E-state index contributed by atoms with van der Waals surface area (Å²) in [6.45, 7) is 0. The Morgan fingerprint density at radius 3 is 2.84 bits per heavy atom. The van der Waals surface area contributed by atoms with Crippen LogP contribution in [0.5, 0.6) is 5.75 Å². The van der Waals surface area contributed by atoms with Gasteiger partial charge in [0, 0.05) is 25.7 Å². The minimum atomic E-state index is 0.155. The number of methoxy groups -OCH3 is 1. The molecule has 1 atom stereocenters. The molecule has 0 fully saturated rings. The van der Waals surface area contributed by atoms with Gasteiger partial charge < -0.3 is 4.74 Å². The van der Waals surface area contributed by atoms with E-state index in [-0.39, 0.29) is 6.04 Å². The second-order valence-corrected chi connectivity index (χ2v) is 4.60. The predicted molar refractivity (Wildman–Crippen MR) is 74.7 cm³/mol. The van der Waals surface area contributed by atoms with Crippen LogP contribution in [0, 0.1) is 0 Å². The molecule has 0 bridgehead atoms. The Hall–Kier alpha value is -1.85. The average Bonchev–Trinajstić information content (AvgIpc) is 2.83. The van der Waals surface area contributed by atoms with Gasteiger partial charge in [0.1, 0.15) is 5.75 Å². The summed E-state index contributed by atoms with van der Waals surface area (Å²) >= 11 is 0. The van der Waals surface area contributed by atoms with Crippen molar-refractivity contribution in [3.8, 4) is 5.75 Å². The Labute approximate surface area is 113 Å². The van der Waals surface area contributed by atoms with E-state index in [0.717, 1.165) is 24.3 Å². The molecule has 3 N–H and O–H groups in total. The van der Waals surface area contributed by atoms with E-state index in [1.54, 1.807) is 11.8 Å². The van der Waals surface area contributed by atoms with Crippen molar-refractivity contribution in [3.05, 3.63) is 47.8 Å². The van der Waals surface area contributed by atoms with Crippen molar-refractivity contribution in [1.82, 2.24) is 15.2 Å². The highest BCUT2D eigenvalue weighted by Gasteiger charge is 2.11. The van der Waals surface area contributed by atoms with Crippen molar-refractivity contribution in [1.29, 1.82) is 0 Å². The number of aromatic nitrogens is 2. The van der Waals surface area contributed by atoms with Crippen molar-refractivity contribution in [2.45, 2.75) is 18.9 Å². The van der Waals surface area contributed by atoms with Gasteiger partial charge >= 0.3 is 0 Å². The number of nitrogens with one attached hydrogen (secondary N) is 1. The number of nitrogens with two attached hydrogens (primary N) is 1. The molecule has 0 aliphatic carbocycles. The molecule has 1 heterocycles. The van der Waals surface area contributed by atoms with Crippen LogP contribution in [0.3, 0.4) is 0 Å². The summed E-state index contributed by atoms with van der Waals surface area (Å²) in [5.41, 5.74) is 5.08. The number of hydrogen-bond acceptors (Lipinski definition) is 4. The minimum absolute atomic E-state index is 0.155. The zero-order chi connectivity index (χ0) is 13.7. The van der Waals surface area contributed by atoms with E-state index in [9.17, 15) is 0 Å². The summed E-state index contributed by atoms with van der Waals surface area (Å²) in [4.78, 5) is 0. The largest absolute Gasteiger partial charge is 0.497 e. The van der Waals surface area contributed by atoms with Crippen LogP contribution in [0.2, 0.25) is 0 Å². The summed E-state index contributed by atoms with van der Waals surface area (Å²) < 4.78 is 7.02. The SMILES string of the molecule is COc1cccc(CC(Cc2ccn(C)n2)NN)c1. The van der Waals surface area contributed by atoms with Crippen LogP contribution < -0.4 is 16.0 Å². The Balaban J connectivity index is 2.01. The van der Waals surface area contributed by atoms with Gasteiger partial charge in [-0.3, -0.25) is 16.0 Å². The first kappa shape index (κ1) is 13.6. The molecule has 0 amide bonds. The minimum Gasteiger partial charge on any atom is -0.497 e. The van der Waals surface area contributed by atoms with E-state index < -0.39 is 0 Å². The van der Waals surface area contributed by atoms with Gasteiger partial charge in [0.05, 0.1) is 12.8 Å². The number of hydrazine groups is 1. The predicted octanol–water partition coefficient (Wildman–Crippen LogP) is 1.05. The zero-order valence-electron chi connectivity index (χ0n) is 11.3. The number of hydrogen-bond donors (Lipinski definition) is 2. The third-order valence-electron chi connectivity index (χ3n) is 3.08. The average molecular weight is 260 g/mol. The summed E-state index contributed by atoms with van der Waals surface area (Å²) in [5, 5.41) is 4.37.